The maximum atomic E-state index is 11.7. The van der Waals surface area contributed by atoms with Gasteiger partial charge in [-0.3, -0.25) is 9.69 Å². The van der Waals surface area contributed by atoms with Crippen molar-refractivity contribution < 1.29 is 32.3 Å². The fourth-order valence-corrected chi connectivity index (χ4v) is 4.63. The lowest BCUT2D eigenvalue weighted by atomic mass is 10.0. The van der Waals surface area contributed by atoms with Crippen LogP contribution in [0.15, 0.2) is 28.7 Å². The lowest BCUT2D eigenvalue weighted by Crippen LogP contribution is -2.35. The summed E-state index contributed by atoms with van der Waals surface area (Å²) in [6, 6.07) is 8.26. The molecule has 0 fully saturated rings. The summed E-state index contributed by atoms with van der Waals surface area (Å²) in [5.74, 6) is -2.23. The Hall–Kier alpha value is -2.92. The Kier molecular flexibility index (Phi) is 6.89. The molecule has 2 aromatic heterocycles. The summed E-state index contributed by atoms with van der Waals surface area (Å²) in [7, 11) is 0. The van der Waals surface area contributed by atoms with Crippen LogP contribution in [0.4, 0.5) is 18.2 Å². The number of alkyl halides is 3. The number of thiophene rings is 1. The van der Waals surface area contributed by atoms with Crippen molar-refractivity contribution >= 4 is 39.3 Å². The van der Waals surface area contributed by atoms with Crippen molar-refractivity contribution in [1.82, 2.24) is 9.88 Å². The maximum absolute atomic E-state index is 11.7. The number of anilines is 1. The van der Waals surface area contributed by atoms with Gasteiger partial charge in [0.15, 0.2) is 5.58 Å². The summed E-state index contributed by atoms with van der Waals surface area (Å²) in [6.07, 6.45) is -4.14. The zero-order valence-corrected chi connectivity index (χ0v) is 18.4. The maximum Gasteiger partial charge on any atom is 0.490 e. The molecule has 1 amide bonds. The van der Waals surface area contributed by atoms with Crippen LogP contribution in [0.25, 0.3) is 22.6 Å². The highest BCUT2D eigenvalue weighted by Crippen LogP contribution is 2.44. The lowest BCUT2D eigenvalue weighted by Gasteiger charge is -2.30. The third-order valence-electron chi connectivity index (χ3n) is 4.86. The molecule has 11 heteroatoms. The Bertz CT molecular complexity index is 1100. The van der Waals surface area contributed by atoms with Crippen molar-refractivity contribution in [3.63, 3.8) is 0 Å². The van der Waals surface area contributed by atoms with E-state index in [1.54, 1.807) is 11.3 Å². The molecule has 0 radical (unpaired) electrons. The van der Waals surface area contributed by atoms with E-state index in [0.717, 1.165) is 41.2 Å². The number of amides is 1. The number of fused-ring (bicyclic) bond motifs is 2. The monoisotopic (exact) mass is 469 g/mol. The highest BCUT2D eigenvalue weighted by molar-refractivity contribution is 7.17. The van der Waals surface area contributed by atoms with Crippen molar-refractivity contribution in [1.29, 1.82) is 0 Å². The Morgan fingerprint density at radius 2 is 1.94 bits per heavy atom. The molecule has 0 saturated heterocycles. The van der Waals surface area contributed by atoms with E-state index < -0.39 is 12.1 Å². The normalized spacial score (nSPS) is 14.1. The van der Waals surface area contributed by atoms with Crippen molar-refractivity contribution in [3.8, 4) is 11.5 Å². The standard InChI is InChI=1S/C19H21N3O2S.C2HF3O2/c1-11(2)22-9-8-13-16(10-22)25-19(20-12(3)23)17(13)18-21-14-6-4-5-7-15(14)24-18;3-2(4,5)1(6)7/h4-7,11H,8-10H2,1-3H3,(H,20,23);(H,6,7). The van der Waals surface area contributed by atoms with Crippen LogP contribution in [0.5, 0.6) is 0 Å². The van der Waals surface area contributed by atoms with Crippen LogP contribution in [0, 0.1) is 0 Å². The van der Waals surface area contributed by atoms with Crippen molar-refractivity contribution in [2.24, 2.45) is 0 Å². The van der Waals surface area contributed by atoms with Gasteiger partial charge in [-0.25, -0.2) is 9.78 Å². The lowest BCUT2D eigenvalue weighted by molar-refractivity contribution is -0.192. The zero-order valence-electron chi connectivity index (χ0n) is 17.6. The predicted octanol–water partition coefficient (Wildman–Crippen LogP) is 4.91. The smallest absolute Gasteiger partial charge is 0.475 e. The van der Waals surface area contributed by atoms with Crippen LogP contribution in [0.2, 0.25) is 0 Å². The van der Waals surface area contributed by atoms with E-state index in [-0.39, 0.29) is 5.91 Å². The number of hydrogen-bond acceptors (Lipinski definition) is 6. The summed E-state index contributed by atoms with van der Waals surface area (Å²) in [5, 5.41) is 10.9. The quantitative estimate of drug-likeness (QED) is 0.566. The van der Waals surface area contributed by atoms with E-state index in [1.165, 1.54) is 17.4 Å². The Morgan fingerprint density at radius 1 is 1.28 bits per heavy atom. The second-order valence-electron chi connectivity index (χ2n) is 7.49. The topological polar surface area (TPSA) is 95.7 Å². The molecule has 0 aliphatic carbocycles. The second kappa shape index (κ2) is 9.29. The third-order valence-corrected chi connectivity index (χ3v) is 5.99. The molecule has 7 nitrogen and oxygen atoms in total. The number of hydrogen-bond donors (Lipinski definition) is 2. The molecule has 2 N–H and O–H groups in total. The summed E-state index contributed by atoms with van der Waals surface area (Å²) in [5.41, 5.74) is 3.82. The van der Waals surface area contributed by atoms with Gasteiger partial charge in [-0.05, 0) is 38.0 Å². The van der Waals surface area contributed by atoms with Crippen LogP contribution in [-0.2, 0) is 22.6 Å². The molecule has 3 aromatic rings. The van der Waals surface area contributed by atoms with Gasteiger partial charge in [0, 0.05) is 30.9 Å². The molecule has 0 unspecified atom stereocenters. The second-order valence-corrected chi connectivity index (χ2v) is 8.60. The number of benzene rings is 1. The average Bonchev–Trinajstić information content (AvgIpc) is 3.26. The number of aromatic nitrogens is 1. The number of carboxylic acid groups (broad SMARTS) is 1. The molecule has 0 saturated carbocycles. The molecule has 0 atom stereocenters. The number of carboxylic acids is 1. The van der Waals surface area contributed by atoms with Crippen LogP contribution >= 0.6 is 11.3 Å². The Morgan fingerprint density at radius 3 is 2.50 bits per heavy atom. The molecule has 172 valence electrons. The molecule has 1 aromatic carbocycles. The van der Waals surface area contributed by atoms with E-state index in [0.29, 0.717) is 11.9 Å². The van der Waals surface area contributed by atoms with Crippen LogP contribution in [-0.4, -0.2) is 45.6 Å². The number of halogens is 3. The molecule has 1 aliphatic heterocycles. The minimum absolute atomic E-state index is 0.0725. The van der Waals surface area contributed by atoms with E-state index in [1.807, 2.05) is 24.3 Å². The minimum Gasteiger partial charge on any atom is -0.475 e. The van der Waals surface area contributed by atoms with Crippen molar-refractivity contribution in [2.75, 3.05) is 11.9 Å². The molecular weight excluding hydrogens is 447 g/mol. The minimum atomic E-state index is -5.08. The SMILES string of the molecule is CC(=O)Nc1sc2c(c1-c1nc3ccccc3o1)CCN(C(C)C)C2.O=C(O)C(F)(F)F. The fraction of sp³-hybridized carbons (Fsp3) is 0.381. The molecule has 4 rings (SSSR count). The van der Waals surface area contributed by atoms with Gasteiger partial charge in [0.2, 0.25) is 11.8 Å². The predicted molar refractivity (Wildman–Crippen MR) is 115 cm³/mol. The van der Waals surface area contributed by atoms with Gasteiger partial charge in [0.25, 0.3) is 0 Å². The largest absolute Gasteiger partial charge is 0.490 e. The number of oxazole rings is 1. The third kappa shape index (κ3) is 5.28. The van der Waals surface area contributed by atoms with Gasteiger partial charge in [0.05, 0.1) is 5.56 Å². The molecule has 0 bridgehead atoms. The van der Waals surface area contributed by atoms with Gasteiger partial charge in [-0.1, -0.05) is 12.1 Å². The van der Waals surface area contributed by atoms with Crippen LogP contribution < -0.4 is 5.32 Å². The number of carbonyl (C=O) groups excluding carboxylic acids is 1. The van der Waals surface area contributed by atoms with Gasteiger partial charge >= 0.3 is 12.1 Å². The van der Waals surface area contributed by atoms with E-state index in [4.69, 9.17) is 14.3 Å². The summed E-state index contributed by atoms with van der Waals surface area (Å²) in [6.45, 7) is 7.89. The first-order valence-corrected chi connectivity index (χ1v) is 10.6. The van der Waals surface area contributed by atoms with Crippen LogP contribution in [0.1, 0.15) is 31.2 Å². The number of nitrogens with one attached hydrogen (secondary N) is 1. The van der Waals surface area contributed by atoms with E-state index in [2.05, 4.69) is 29.0 Å². The van der Waals surface area contributed by atoms with E-state index >= 15 is 0 Å². The van der Waals surface area contributed by atoms with Crippen molar-refractivity contribution in [3.05, 3.63) is 34.7 Å². The number of carbonyl (C=O) groups is 2. The Labute approximate surface area is 185 Å². The summed E-state index contributed by atoms with van der Waals surface area (Å²) < 4.78 is 37.7. The van der Waals surface area contributed by atoms with Gasteiger partial charge in [-0.2, -0.15) is 13.2 Å². The Balaban J connectivity index is 0.000000360. The molecule has 32 heavy (non-hydrogen) atoms. The van der Waals surface area contributed by atoms with Gasteiger partial charge in [0.1, 0.15) is 10.5 Å². The van der Waals surface area contributed by atoms with E-state index in [9.17, 15) is 18.0 Å². The number of aliphatic carboxylic acids is 1. The zero-order chi connectivity index (χ0) is 23.6. The molecule has 1 aliphatic rings. The van der Waals surface area contributed by atoms with Crippen LogP contribution in [0.3, 0.4) is 0 Å². The number of para-hydroxylation sites is 2. The first-order valence-electron chi connectivity index (χ1n) is 9.79. The highest BCUT2D eigenvalue weighted by Gasteiger charge is 2.38. The summed E-state index contributed by atoms with van der Waals surface area (Å²) in [4.78, 5) is 29.0. The molecule has 3 heterocycles. The van der Waals surface area contributed by atoms with Gasteiger partial charge in [-0.15, -0.1) is 11.3 Å². The molecular formula is C21H22F3N3O4S. The highest BCUT2D eigenvalue weighted by atomic mass is 32.1. The number of nitrogens with zero attached hydrogens (tertiary/aromatic N) is 2. The first-order chi connectivity index (χ1) is 15.0. The first kappa shape index (κ1) is 23.7. The molecule has 0 spiro atoms. The number of rotatable bonds is 3. The average molecular weight is 469 g/mol. The fourth-order valence-electron chi connectivity index (χ4n) is 3.32. The summed E-state index contributed by atoms with van der Waals surface area (Å²) >= 11 is 1.64. The van der Waals surface area contributed by atoms with Crippen molar-refractivity contribution in [2.45, 2.75) is 46.0 Å². The van der Waals surface area contributed by atoms with Gasteiger partial charge < -0.3 is 14.8 Å².